The van der Waals surface area contributed by atoms with Crippen LogP contribution in [0.25, 0.3) is 0 Å². The van der Waals surface area contributed by atoms with E-state index in [1.807, 2.05) is 0 Å². The van der Waals surface area contributed by atoms with Gasteiger partial charge in [0.25, 0.3) is 0 Å². The number of rotatable bonds is 6. The van der Waals surface area contributed by atoms with Crippen molar-refractivity contribution in [3.8, 4) is 0 Å². The smallest absolute Gasteiger partial charge is 0.220 e. The fraction of sp³-hybridized carbons (Fsp3) is 0.929. The number of piperidine rings is 1. The predicted molar refractivity (Wildman–Crippen MR) is 72.0 cm³/mol. The van der Waals surface area contributed by atoms with E-state index in [4.69, 9.17) is 0 Å². The molecule has 1 rings (SSSR count). The van der Waals surface area contributed by atoms with Crippen molar-refractivity contribution in [2.24, 2.45) is 5.92 Å². The third-order valence-electron chi connectivity index (χ3n) is 3.79. The molecule has 0 aromatic heterocycles. The summed E-state index contributed by atoms with van der Waals surface area (Å²) in [5.41, 5.74) is 0. The lowest BCUT2D eigenvalue weighted by molar-refractivity contribution is -0.121. The van der Waals surface area contributed by atoms with Crippen molar-refractivity contribution in [3.63, 3.8) is 0 Å². The minimum Gasteiger partial charge on any atom is -0.355 e. The van der Waals surface area contributed by atoms with Gasteiger partial charge < -0.3 is 5.32 Å². The molecule has 3 nitrogen and oxygen atoms in total. The molecule has 0 spiro atoms. The Hall–Kier alpha value is -0.570. The number of nitrogens with one attached hydrogen (secondary N) is 1. The summed E-state index contributed by atoms with van der Waals surface area (Å²) in [6.45, 7) is 9.84. The molecular weight excluding hydrogens is 212 g/mol. The van der Waals surface area contributed by atoms with Gasteiger partial charge in [-0.3, -0.25) is 9.69 Å². The van der Waals surface area contributed by atoms with E-state index >= 15 is 0 Å². The van der Waals surface area contributed by atoms with Crippen molar-refractivity contribution in [2.45, 2.75) is 58.9 Å². The summed E-state index contributed by atoms with van der Waals surface area (Å²) in [5.74, 6) is 1.08. The minimum absolute atomic E-state index is 0.212. The van der Waals surface area contributed by atoms with Gasteiger partial charge in [-0.25, -0.2) is 0 Å². The maximum atomic E-state index is 11.5. The first-order chi connectivity index (χ1) is 8.13. The van der Waals surface area contributed by atoms with Gasteiger partial charge in [0.1, 0.15) is 0 Å². The van der Waals surface area contributed by atoms with Crippen LogP contribution in [0.15, 0.2) is 0 Å². The van der Waals surface area contributed by atoms with Gasteiger partial charge in [0.15, 0.2) is 0 Å². The Labute approximate surface area is 106 Å². The molecule has 1 fully saturated rings. The molecule has 1 aliphatic heterocycles. The van der Waals surface area contributed by atoms with Crippen LogP contribution in [0.1, 0.15) is 52.9 Å². The average Bonchev–Trinajstić information content (AvgIpc) is 2.34. The van der Waals surface area contributed by atoms with Crippen LogP contribution in [0.5, 0.6) is 0 Å². The Morgan fingerprint density at radius 2 is 2.06 bits per heavy atom. The Balaban J connectivity index is 2.16. The van der Waals surface area contributed by atoms with Gasteiger partial charge in [0, 0.05) is 19.0 Å². The second-order valence-corrected chi connectivity index (χ2v) is 5.48. The molecule has 1 heterocycles. The molecule has 0 bridgehead atoms. The van der Waals surface area contributed by atoms with E-state index in [1.54, 1.807) is 0 Å². The van der Waals surface area contributed by atoms with Crippen molar-refractivity contribution < 1.29 is 4.79 Å². The molecule has 0 saturated carbocycles. The molecule has 3 heteroatoms. The summed E-state index contributed by atoms with van der Waals surface area (Å²) in [7, 11) is 0. The predicted octanol–water partition coefficient (Wildman–Crippen LogP) is 2.41. The lowest BCUT2D eigenvalue weighted by atomic mass is 9.98. The SMILES string of the molecule is CCCCC(=O)NCC(C)N1CCC(C)CC1. The Bertz CT molecular complexity index is 222. The summed E-state index contributed by atoms with van der Waals surface area (Å²) in [4.78, 5) is 14.0. The second-order valence-electron chi connectivity index (χ2n) is 5.48. The number of amides is 1. The van der Waals surface area contributed by atoms with Crippen molar-refractivity contribution in [1.82, 2.24) is 10.2 Å². The number of unbranched alkanes of at least 4 members (excludes halogenated alkanes) is 1. The second kappa shape index (κ2) is 7.70. The van der Waals surface area contributed by atoms with Crippen molar-refractivity contribution in [1.29, 1.82) is 0 Å². The van der Waals surface area contributed by atoms with E-state index < -0.39 is 0 Å². The van der Waals surface area contributed by atoms with Crippen LogP contribution in [-0.2, 0) is 4.79 Å². The van der Waals surface area contributed by atoms with Crippen LogP contribution < -0.4 is 5.32 Å². The first-order valence-corrected chi connectivity index (χ1v) is 7.14. The molecule has 17 heavy (non-hydrogen) atoms. The number of carbonyl (C=O) groups excluding carboxylic acids is 1. The summed E-state index contributed by atoms with van der Waals surface area (Å²) in [6, 6.07) is 0.480. The van der Waals surface area contributed by atoms with Gasteiger partial charge in [-0.15, -0.1) is 0 Å². The fourth-order valence-corrected chi connectivity index (χ4v) is 2.29. The maximum absolute atomic E-state index is 11.5. The molecular formula is C14H28N2O. The lowest BCUT2D eigenvalue weighted by Gasteiger charge is -2.35. The summed E-state index contributed by atoms with van der Waals surface area (Å²) in [5, 5.41) is 3.05. The van der Waals surface area contributed by atoms with Gasteiger partial charge in [0.05, 0.1) is 0 Å². The largest absolute Gasteiger partial charge is 0.355 e. The van der Waals surface area contributed by atoms with Crippen LogP contribution in [0.2, 0.25) is 0 Å². The number of nitrogens with zero attached hydrogens (tertiary/aromatic N) is 1. The Morgan fingerprint density at radius 1 is 1.41 bits per heavy atom. The van der Waals surface area contributed by atoms with Gasteiger partial charge in [0.2, 0.25) is 5.91 Å². The summed E-state index contributed by atoms with van der Waals surface area (Å²) < 4.78 is 0. The highest BCUT2D eigenvalue weighted by molar-refractivity contribution is 5.75. The molecule has 1 saturated heterocycles. The van der Waals surface area contributed by atoms with E-state index in [9.17, 15) is 4.79 Å². The molecule has 0 aromatic rings. The van der Waals surface area contributed by atoms with Crippen LogP contribution in [-0.4, -0.2) is 36.5 Å². The number of hydrogen-bond donors (Lipinski definition) is 1. The number of likely N-dealkylation sites (tertiary alicyclic amines) is 1. The molecule has 1 atom stereocenters. The third kappa shape index (κ3) is 5.53. The first kappa shape index (κ1) is 14.5. The highest BCUT2D eigenvalue weighted by Crippen LogP contribution is 2.17. The number of carbonyl (C=O) groups is 1. The van der Waals surface area contributed by atoms with E-state index in [2.05, 4.69) is 31.0 Å². The van der Waals surface area contributed by atoms with Crippen LogP contribution in [0.4, 0.5) is 0 Å². The van der Waals surface area contributed by atoms with E-state index in [0.29, 0.717) is 12.5 Å². The monoisotopic (exact) mass is 240 g/mol. The molecule has 0 aromatic carbocycles. The van der Waals surface area contributed by atoms with Crippen LogP contribution in [0, 0.1) is 5.92 Å². The van der Waals surface area contributed by atoms with Gasteiger partial charge in [-0.1, -0.05) is 20.3 Å². The third-order valence-corrected chi connectivity index (χ3v) is 3.79. The quantitative estimate of drug-likeness (QED) is 0.773. The first-order valence-electron chi connectivity index (χ1n) is 7.14. The van der Waals surface area contributed by atoms with E-state index in [-0.39, 0.29) is 5.91 Å². The molecule has 0 aliphatic carbocycles. The van der Waals surface area contributed by atoms with Crippen molar-refractivity contribution in [2.75, 3.05) is 19.6 Å². The molecule has 100 valence electrons. The minimum atomic E-state index is 0.212. The molecule has 1 N–H and O–H groups in total. The fourth-order valence-electron chi connectivity index (χ4n) is 2.29. The molecule has 1 unspecified atom stereocenters. The Morgan fingerprint density at radius 3 is 2.65 bits per heavy atom. The maximum Gasteiger partial charge on any atom is 0.220 e. The lowest BCUT2D eigenvalue weighted by Crippen LogP contribution is -2.45. The van der Waals surface area contributed by atoms with Gasteiger partial charge in [-0.2, -0.15) is 0 Å². The topological polar surface area (TPSA) is 32.3 Å². The average molecular weight is 240 g/mol. The van der Waals surface area contributed by atoms with Crippen LogP contribution in [0.3, 0.4) is 0 Å². The molecule has 0 radical (unpaired) electrons. The normalized spacial score (nSPS) is 20.2. The van der Waals surface area contributed by atoms with E-state index in [0.717, 1.165) is 25.3 Å². The highest BCUT2D eigenvalue weighted by atomic mass is 16.1. The van der Waals surface area contributed by atoms with Crippen LogP contribution >= 0.6 is 0 Å². The molecule has 1 aliphatic rings. The summed E-state index contributed by atoms with van der Waals surface area (Å²) >= 11 is 0. The zero-order chi connectivity index (χ0) is 12.7. The van der Waals surface area contributed by atoms with E-state index in [1.165, 1.54) is 25.9 Å². The van der Waals surface area contributed by atoms with Gasteiger partial charge in [-0.05, 0) is 45.2 Å². The standard InChI is InChI=1S/C14H28N2O/c1-4-5-6-14(17)15-11-13(3)16-9-7-12(2)8-10-16/h12-13H,4-11H2,1-3H3,(H,15,17). The van der Waals surface area contributed by atoms with Crippen molar-refractivity contribution >= 4 is 5.91 Å². The molecule has 1 amide bonds. The zero-order valence-corrected chi connectivity index (χ0v) is 11.7. The zero-order valence-electron chi connectivity index (χ0n) is 11.7. The summed E-state index contributed by atoms with van der Waals surface area (Å²) in [6.07, 6.45) is 5.37. The van der Waals surface area contributed by atoms with Crippen molar-refractivity contribution in [3.05, 3.63) is 0 Å². The number of hydrogen-bond acceptors (Lipinski definition) is 2. The Kier molecular flexibility index (Phi) is 6.56. The highest BCUT2D eigenvalue weighted by Gasteiger charge is 2.20. The van der Waals surface area contributed by atoms with Gasteiger partial charge >= 0.3 is 0 Å².